The van der Waals surface area contributed by atoms with E-state index in [1.165, 1.54) is 24.8 Å². The molecule has 0 aliphatic carbocycles. The second-order valence-electron chi connectivity index (χ2n) is 5.22. The standard InChI is InChI=1S/C17H17Cl2N/c18-14-7-4-8-15(19)17(14)13-6-3-5-12(11-13)16-9-1-2-10-20-16/h3-8,11,16,20H,1-2,9-10H2. The van der Waals surface area contributed by atoms with Crippen LogP contribution in [0.3, 0.4) is 0 Å². The summed E-state index contributed by atoms with van der Waals surface area (Å²) in [6, 6.07) is 14.6. The quantitative estimate of drug-likeness (QED) is 0.775. The molecule has 1 N–H and O–H groups in total. The van der Waals surface area contributed by atoms with E-state index in [1.54, 1.807) is 0 Å². The van der Waals surface area contributed by atoms with Gasteiger partial charge in [0.1, 0.15) is 0 Å². The van der Waals surface area contributed by atoms with Crippen molar-refractivity contribution in [1.82, 2.24) is 5.32 Å². The molecule has 104 valence electrons. The van der Waals surface area contributed by atoms with Crippen molar-refractivity contribution in [2.75, 3.05) is 6.54 Å². The number of benzene rings is 2. The van der Waals surface area contributed by atoms with Gasteiger partial charge in [0, 0.05) is 21.7 Å². The Morgan fingerprint density at radius 3 is 2.40 bits per heavy atom. The lowest BCUT2D eigenvalue weighted by molar-refractivity contribution is 0.412. The molecule has 0 radical (unpaired) electrons. The Hall–Kier alpha value is -1.02. The maximum atomic E-state index is 6.30. The van der Waals surface area contributed by atoms with Gasteiger partial charge in [0.05, 0.1) is 0 Å². The van der Waals surface area contributed by atoms with Crippen LogP contribution in [-0.4, -0.2) is 6.54 Å². The lowest BCUT2D eigenvalue weighted by Crippen LogP contribution is -2.26. The van der Waals surface area contributed by atoms with Crippen LogP contribution >= 0.6 is 23.2 Å². The highest BCUT2D eigenvalue weighted by atomic mass is 35.5. The third-order valence-electron chi connectivity index (χ3n) is 3.85. The zero-order chi connectivity index (χ0) is 13.9. The Morgan fingerprint density at radius 2 is 1.70 bits per heavy atom. The predicted octanol–water partition coefficient (Wildman–Crippen LogP) is 5.48. The van der Waals surface area contributed by atoms with Crippen molar-refractivity contribution >= 4 is 23.2 Å². The molecule has 2 aromatic rings. The molecule has 0 aromatic heterocycles. The molecule has 0 saturated carbocycles. The molecule has 1 unspecified atom stereocenters. The molecule has 1 aliphatic heterocycles. The van der Waals surface area contributed by atoms with Crippen LogP contribution in [0.5, 0.6) is 0 Å². The van der Waals surface area contributed by atoms with Crippen LogP contribution < -0.4 is 5.32 Å². The van der Waals surface area contributed by atoms with E-state index in [1.807, 2.05) is 18.2 Å². The molecule has 1 nitrogen and oxygen atoms in total. The number of hydrogen-bond donors (Lipinski definition) is 1. The first-order chi connectivity index (χ1) is 9.75. The maximum Gasteiger partial charge on any atom is 0.0499 e. The van der Waals surface area contributed by atoms with E-state index in [2.05, 4.69) is 29.6 Å². The minimum Gasteiger partial charge on any atom is -0.310 e. The number of hydrogen-bond acceptors (Lipinski definition) is 1. The van der Waals surface area contributed by atoms with Gasteiger partial charge in [0.2, 0.25) is 0 Å². The molecule has 1 heterocycles. The summed E-state index contributed by atoms with van der Waals surface area (Å²) in [6.07, 6.45) is 3.75. The molecule has 2 aromatic carbocycles. The van der Waals surface area contributed by atoms with E-state index in [9.17, 15) is 0 Å². The molecule has 0 bridgehead atoms. The van der Waals surface area contributed by atoms with Crippen molar-refractivity contribution in [1.29, 1.82) is 0 Å². The van der Waals surface area contributed by atoms with Crippen molar-refractivity contribution in [3.8, 4) is 11.1 Å². The number of nitrogens with one attached hydrogen (secondary N) is 1. The van der Waals surface area contributed by atoms with Gasteiger partial charge in [-0.3, -0.25) is 0 Å². The Kier molecular flexibility index (Phi) is 4.30. The summed E-state index contributed by atoms with van der Waals surface area (Å²) in [4.78, 5) is 0. The van der Waals surface area contributed by atoms with Gasteiger partial charge >= 0.3 is 0 Å². The molecule has 0 amide bonds. The zero-order valence-electron chi connectivity index (χ0n) is 11.2. The summed E-state index contributed by atoms with van der Waals surface area (Å²) in [5.74, 6) is 0. The smallest absolute Gasteiger partial charge is 0.0499 e. The van der Waals surface area contributed by atoms with Gasteiger partial charge < -0.3 is 5.32 Å². The zero-order valence-corrected chi connectivity index (χ0v) is 12.7. The van der Waals surface area contributed by atoms with Crippen molar-refractivity contribution in [2.24, 2.45) is 0 Å². The summed E-state index contributed by atoms with van der Waals surface area (Å²) in [5.41, 5.74) is 3.33. The Balaban J connectivity index is 1.98. The third-order valence-corrected chi connectivity index (χ3v) is 4.48. The molecule has 0 spiro atoms. The van der Waals surface area contributed by atoms with Crippen LogP contribution in [0.2, 0.25) is 10.0 Å². The van der Waals surface area contributed by atoms with Gasteiger partial charge in [0.15, 0.2) is 0 Å². The van der Waals surface area contributed by atoms with Crippen molar-refractivity contribution in [3.63, 3.8) is 0 Å². The predicted molar refractivity (Wildman–Crippen MR) is 86.5 cm³/mol. The third kappa shape index (κ3) is 2.85. The topological polar surface area (TPSA) is 12.0 Å². The van der Waals surface area contributed by atoms with Gasteiger partial charge in [-0.1, -0.05) is 53.9 Å². The van der Waals surface area contributed by atoms with Crippen LogP contribution in [0.25, 0.3) is 11.1 Å². The molecular formula is C17H17Cl2N. The molecule has 1 atom stereocenters. The van der Waals surface area contributed by atoms with Gasteiger partial charge in [-0.2, -0.15) is 0 Å². The fraction of sp³-hybridized carbons (Fsp3) is 0.294. The summed E-state index contributed by atoms with van der Waals surface area (Å²) < 4.78 is 0. The van der Waals surface area contributed by atoms with E-state index in [4.69, 9.17) is 23.2 Å². The van der Waals surface area contributed by atoms with Crippen molar-refractivity contribution in [3.05, 3.63) is 58.1 Å². The minimum absolute atomic E-state index is 0.449. The van der Waals surface area contributed by atoms with Gasteiger partial charge in [-0.25, -0.2) is 0 Å². The van der Waals surface area contributed by atoms with Gasteiger partial charge in [-0.15, -0.1) is 0 Å². The minimum atomic E-state index is 0.449. The fourth-order valence-corrected chi connectivity index (χ4v) is 3.44. The summed E-state index contributed by atoms with van der Waals surface area (Å²) in [5, 5.41) is 4.98. The lowest BCUT2D eigenvalue weighted by Gasteiger charge is -2.24. The molecule has 1 fully saturated rings. The van der Waals surface area contributed by atoms with Crippen molar-refractivity contribution in [2.45, 2.75) is 25.3 Å². The average molecular weight is 306 g/mol. The lowest BCUT2D eigenvalue weighted by atomic mass is 9.94. The monoisotopic (exact) mass is 305 g/mol. The molecule has 20 heavy (non-hydrogen) atoms. The SMILES string of the molecule is Clc1cccc(Cl)c1-c1cccc(C2CCCCN2)c1. The number of rotatable bonds is 2. The Morgan fingerprint density at radius 1 is 0.950 bits per heavy atom. The molecule has 1 aliphatic rings. The first-order valence-electron chi connectivity index (χ1n) is 7.03. The van der Waals surface area contributed by atoms with Crippen LogP contribution in [0, 0.1) is 0 Å². The highest BCUT2D eigenvalue weighted by Gasteiger charge is 2.16. The van der Waals surface area contributed by atoms with Gasteiger partial charge in [0.25, 0.3) is 0 Å². The second kappa shape index (κ2) is 6.17. The summed E-state index contributed by atoms with van der Waals surface area (Å²) in [7, 11) is 0. The fourth-order valence-electron chi connectivity index (χ4n) is 2.82. The molecular weight excluding hydrogens is 289 g/mol. The molecule has 3 heteroatoms. The summed E-state index contributed by atoms with van der Waals surface area (Å²) in [6.45, 7) is 1.10. The normalized spacial score (nSPS) is 19.0. The Labute approximate surface area is 129 Å². The maximum absolute atomic E-state index is 6.30. The van der Waals surface area contributed by atoms with Crippen LogP contribution in [0.4, 0.5) is 0 Å². The van der Waals surface area contributed by atoms with Crippen LogP contribution in [-0.2, 0) is 0 Å². The highest BCUT2D eigenvalue weighted by Crippen LogP contribution is 2.36. The average Bonchev–Trinajstić information content (AvgIpc) is 2.48. The van der Waals surface area contributed by atoms with E-state index in [0.29, 0.717) is 16.1 Å². The van der Waals surface area contributed by atoms with E-state index >= 15 is 0 Å². The van der Waals surface area contributed by atoms with Crippen LogP contribution in [0.1, 0.15) is 30.9 Å². The van der Waals surface area contributed by atoms with Crippen molar-refractivity contribution < 1.29 is 0 Å². The van der Waals surface area contributed by atoms with E-state index < -0.39 is 0 Å². The van der Waals surface area contributed by atoms with Crippen LogP contribution in [0.15, 0.2) is 42.5 Å². The van der Waals surface area contributed by atoms with E-state index in [0.717, 1.165) is 17.7 Å². The Bertz CT molecular complexity index is 583. The largest absolute Gasteiger partial charge is 0.310 e. The molecule has 3 rings (SSSR count). The number of halogens is 2. The highest BCUT2D eigenvalue weighted by molar-refractivity contribution is 6.39. The first-order valence-corrected chi connectivity index (χ1v) is 7.79. The summed E-state index contributed by atoms with van der Waals surface area (Å²) >= 11 is 12.6. The first kappa shape index (κ1) is 13.9. The number of piperidine rings is 1. The van der Waals surface area contributed by atoms with E-state index in [-0.39, 0.29) is 0 Å². The molecule has 1 saturated heterocycles. The second-order valence-corrected chi connectivity index (χ2v) is 6.04. The van der Waals surface area contributed by atoms with Gasteiger partial charge in [-0.05, 0) is 48.7 Å².